The van der Waals surface area contributed by atoms with Crippen molar-refractivity contribution in [3.8, 4) is 0 Å². The smallest absolute Gasteiger partial charge is 0.377 e. The van der Waals surface area contributed by atoms with Crippen molar-refractivity contribution >= 4 is 17.6 Å². The summed E-state index contributed by atoms with van der Waals surface area (Å²) in [6.45, 7) is 4.85. The number of nitrogen functional groups attached to an aromatic ring is 1. The Kier molecular flexibility index (Phi) is 5.44. The highest BCUT2D eigenvalue weighted by Crippen LogP contribution is 2.10. The molecule has 0 spiro atoms. The molecule has 10 nitrogen and oxygen atoms in total. The first-order chi connectivity index (χ1) is 12.1. The first-order valence-corrected chi connectivity index (χ1v) is 7.86. The molecular formula is C16H20N4O6. The number of nitrogens with two attached hydrogens (primary N) is 1. The van der Waals surface area contributed by atoms with Gasteiger partial charge in [-0.2, -0.15) is 0 Å². The van der Waals surface area contributed by atoms with Crippen molar-refractivity contribution in [3.63, 3.8) is 0 Å². The first kappa shape index (κ1) is 19.2. The Morgan fingerprint density at radius 3 is 2.54 bits per heavy atom. The number of anilines is 1. The van der Waals surface area contributed by atoms with E-state index in [4.69, 9.17) is 15.0 Å². The molecule has 0 aliphatic heterocycles. The van der Waals surface area contributed by atoms with Gasteiger partial charge in [0.1, 0.15) is 11.4 Å². The second-order valence-electron chi connectivity index (χ2n) is 6.24. The molecule has 0 aromatic carbocycles. The highest BCUT2D eigenvalue weighted by Gasteiger charge is 2.24. The minimum absolute atomic E-state index is 0.0583. The Morgan fingerprint density at radius 1 is 1.35 bits per heavy atom. The van der Waals surface area contributed by atoms with Crippen LogP contribution in [0.2, 0.25) is 0 Å². The molecule has 2 heterocycles. The van der Waals surface area contributed by atoms with Crippen LogP contribution >= 0.6 is 0 Å². The van der Waals surface area contributed by atoms with Crippen LogP contribution in [0.1, 0.15) is 40.5 Å². The molecule has 2 N–H and O–H groups in total. The predicted molar refractivity (Wildman–Crippen MR) is 91.0 cm³/mol. The van der Waals surface area contributed by atoms with Crippen LogP contribution in [0.3, 0.4) is 0 Å². The molecule has 0 atom stereocenters. The van der Waals surface area contributed by atoms with Gasteiger partial charge in [0.15, 0.2) is 6.61 Å². The third kappa shape index (κ3) is 3.73. The van der Waals surface area contributed by atoms with E-state index in [9.17, 15) is 19.2 Å². The molecule has 0 aliphatic rings. The lowest BCUT2D eigenvalue weighted by Crippen LogP contribution is -2.43. The van der Waals surface area contributed by atoms with E-state index in [0.29, 0.717) is 5.69 Å². The Morgan fingerprint density at radius 2 is 2.00 bits per heavy atom. The van der Waals surface area contributed by atoms with E-state index in [1.165, 1.54) is 13.1 Å². The van der Waals surface area contributed by atoms with Crippen LogP contribution in [0.25, 0.3) is 0 Å². The van der Waals surface area contributed by atoms with Crippen LogP contribution in [-0.2, 0) is 18.3 Å². The van der Waals surface area contributed by atoms with E-state index in [1.54, 1.807) is 6.92 Å². The maximum Gasteiger partial charge on any atom is 0.377 e. The van der Waals surface area contributed by atoms with Gasteiger partial charge in [-0.1, -0.05) is 19.0 Å². The number of nitrogens with zero attached hydrogens (tertiary/aromatic N) is 3. The molecule has 0 unspecified atom stereocenters. The van der Waals surface area contributed by atoms with Crippen molar-refractivity contribution < 1.29 is 18.8 Å². The third-order valence-corrected chi connectivity index (χ3v) is 3.57. The molecule has 0 aliphatic carbocycles. The van der Waals surface area contributed by atoms with Gasteiger partial charge in [-0.05, 0) is 12.8 Å². The van der Waals surface area contributed by atoms with Crippen molar-refractivity contribution in [1.29, 1.82) is 0 Å². The summed E-state index contributed by atoms with van der Waals surface area (Å²) in [7, 11) is 1.25. The van der Waals surface area contributed by atoms with E-state index in [-0.39, 0.29) is 24.0 Å². The first-order valence-electron chi connectivity index (χ1n) is 7.86. The Bertz CT molecular complexity index is 966. The Balaban J connectivity index is 2.31. The van der Waals surface area contributed by atoms with Gasteiger partial charge in [-0.3, -0.25) is 18.7 Å². The van der Waals surface area contributed by atoms with Gasteiger partial charge in [0.25, 0.3) is 5.56 Å². The molecule has 2 rings (SSSR count). The minimum atomic E-state index is -0.898. The van der Waals surface area contributed by atoms with Crippen LogP contribution in [0.15, 0.2) is 20.2 Å². The zero-order valence-corrected chi connectivity index (χ0v) is 14.9. The molecule has 140 valence electrons. The van der Waals surface area contributed by atoms with Crippen molar-refractivity contribution in [2.24, 2.45) is 13.0 Å². The topological polar surface area (TPSA) is 139 Å². The van der Waals surface area contributed by atoms with Gasteiger partial charge in [0.2, 0.25) is 11.5 Å². The van der Waals surface area contributed by atoms with Crippen LogP contribution in [0, 0.1) is 12.8 Å². The lowest BCUT2D eigenvalue weighted by atomic mass is 10.1. The van der Waals surface area contributed by atoms with Gasteiger partial charge in [-0.15, -0.1) is 0 Å². The number of aromatic nitrogens is 3. The predicted octanol–water partition coefficient (Wildman–Crippen LogP) is 0.121. The highest BCUT2D eigenvalue weighted by molar-refractivity contribution is 6.01. The van der Waals surface area contributed by atoms with Crippen LogP contribution < -0.4 is 17.0 Å². The van der Waals surface area contributed by atoms with Crippen molar-refractivity contribution in [1.82, 2.24) is 14.3 Å². The number of aryl methyl sites for hydroxylation is 1. The number of hydrogen-bond acceptors (Lipinski definition) is 8. The van der Waals surface area contributed by atoms with Crippen molar-refractivity contribution in [2.75, 3.05) is 12.3 Å². The van der Waals surface area contributed by atoms with Crippen molar-refractivity contribution in [2.45, 2.75) is 27.3 Å². The zero-order valence-electron chi connectivity index (χ0n) is 14.9. The molecule has 0 fully saturated rings. The number of hydrogen-bond donors (Lipinski definition) is 1. The normalized spacial score (nSPS) is 11.0. The van der Waals surface area contributed by atoms with Gasteiger partial charge in [-0.25, -0.2) is 9.59 Å². The van der Waals surface area contributed by atoms with E-state index in [0.717, 1.165) is 9.13 Å². The molecule has 0 radical (unpaired) electrons. The Labute approximate surface area is 148 Å². The fourth-order valence-corrected chi connectivity index (χ4v) is 2.32. The van der Waals surface area contributed by atoms with Gasteiger partial charge >= 0.3 is 11.7 Å². The summed E-state index contributed by atoms with van der Waals surface area (Å²) in [6, 6.07) is 1.35. The minimum Gasteiger partial charge on any atom is -0.451 e. The number of carbonyl (C=O) groups is 2. The molecule has 2 aromatic rings. The summed E-state index contributed by atoms with van der Waals surface area (Å²) in [5, 5.41) is 3.54. The van der Waals surface area contributed by atoms with Gasteiger partial charge < -0.3 is 15.0 Å². The fourth-order valence-electron chi connectivity index (χ4n) is 2.32. The summed E-state index contributed by atoms with van der Waals surface area (Å²) in [4.78, 5) is 48.7. The third-order valence-electron chi connectivity index (χ3n) is 3.57. The summed E-state index contributed by atoms with van der Waals surface area (Å²) < 4.78 is 11.5. The quantitative estimate of drug-likeness (QED) is 0.563. The molecule has 26 heavy (non-hydrogen) atoms. The van der Waals surface area contributed by atoms with E-state index in [1.807, 2.05) is 13.8 Å². The van der Waals surface area contributed by atoms with Crippen molar-refractivity contribution in [3.05, 3.63) is 43.9 Å². The number of esters is 1. The van der Waals surface area contributed by atoms with Gasteiger partial charge in [0, 0.05) is 19.7 Å². The Hall–Kier alpha value is -3.17. The van der Waals surface area contributed by atoms with Gasteiger partial charge in [0.05, 0.1) is 5.69 Å². The molecule has 2 aromatic heterocycles. The summed E-state index contributed by atoms with van der Waals surface area (Å²) in [5.74, 6) is -2.07. The second kappa shape index (κ2) is 7.38. The lowest BCUT2D eigenvalue weighted by molar-refractivity contribution is 0.0434. The number of rotatable bonds is 6. The summed E-state index contributed by atoms with van der Waals surface area (Å²) in [6.07, 6.45) is 0. The molecule has 0 amide bonds. The largest absolute Gasteiger partial charge is 0.451 e. The maximum absolute atomic E-state index is 12.4. The van der Waals surface area contributed by atoms with E-state index < -0.39 is 35.2 Å². The molecule has 0 saturated heterocycles. The maximum atomic E-state index is 12.4. The molecule has 0 bridgehead atoms. The van der Waals surface area contributed by atoms with Crippen LogP contribution in [0.5, 0.6) is 0 Å². The van der Waals surface area contributed by atoms with E-state index in [2.05, 4.69) is 5.16 Å². The van der Waals surface area contributed by atoms with Crippen LogP contribution in [0.4, 0.5) is 5.82 Å². The SMILES string of the molecule is Cc1cc(C(=O)OCC(=O)c2c(N)n(CC(C)C)c(=O)n(C)c2=O)on1. The number of ether oxygens (including phenoxy) is 1. The number of Topliss-reactive ketones (excluding diaryl/α,β-unsaturated/α-hetero) is 1. The molecule has 10 heteroatoms. The number of carbonyl (C=O) groups excluding carboxylic acids is 2. The second-order valence-corrected chi connectivity index (χ2v) is 6.24. The monoisotopic (exact) mass is 364 g/mol. The fraction of sp³-hybridized carbons (Fsp3) is 0.438. The summed E-state index contributed by atoms with van der Waals surface area (Å²) in [5.41, 5.74) is 4.50. The molecular weight excluding hydrogens is 344 g/mol. The lowest BCUT2D eigenvalue weighted by Gasteiger charge is -2.16. The van der Waals surface area contributed by atoms with E-state index >= 15 is 0 Å². The average Bonchev–Trinajstić information content (AvgIpc) is 3.01. The van der Waals surface area contributed by atoms with Crippen LogP contribution in [-0.4, -0.2) is 32.7 Å². The average molecular weight is 364 g/mol. The molecule has 0 saturated carbocycles. The highest BCUT2D eigenvalue weighted by atomic mass is 16.6. The standard InChI is InChI=1S/C16H20N4O6/c1-8(2)6-20-13(17)12(14(22)19(4)16(20)24)10(21)7-25-15(23)11-5-9(3)18-26-11/h5,8H,6-7,17H2,1-4H3. The summed E-state index contributed by atoms with van der Waals surface area (Å²) >= 11 is 0. The number of ketones is 1. The zero-order chi connectivity index (χ0) is 19.6.